The molecule has 1 aliphatic carbocycles. The molecular weight excluding hydrogens is 354 g/mol. The van der Waals surface area contributed by atoms with Crippen molar-refractivity contribution in [1.29, 1.82) is 0 Å². The van der Waals surface area contributed by atoms with Crippen LogP contribution in [0.15, 0.2) is 65.7 Å². The van der Waals surface area contributed by atoms with Crippen molar-refractivity contribution in [3.05, 3.63) is 82.9 Å². The third-order valence-corrected chi connectivity index (χ3v) is 4.74. The smallest absolute Gasteiger partial charge is 0.203 e. The average molecular weight is 373 g/mol. The molecule has 0 bridgehead atoms. The zero-order valence-corrected chi connectivity index (χ0v) is 15.9. The monoisotopic (exact) mass is 373 g/mol. The molecule has 4 rings (SSSR count). The number of ketones is 1. The van der Waals surface area contributed by atoms with E-state index in [0.717, 1.165) is 16.8 Å². The summed E-state index contributed by atoms with van der Waals surface area (Å²) in [6.07, 6.45) is 0. The molecule has 28 heavy (non-hydrogen) atoms. The maximum atomic E-state index is 12.9. The Labute approximate surface area is 163 Å². The second-order valence-electron chi connectivity index (χ2n) is 6.26. The summed E-state index contributed by atoms with van der Waals surface area (Å²) in [7, 11) is 4.70. The summed E-state index contributed by atoms with van der Waals surface area (Å²) in [6, 6.07) is 18.6. The number of hydrogen-bond acceptors (Lipinski definition) is 5. The minimum Gasteiger partial charge on any atom is -0.493 e. The molecule has 5 nitrogen and oxygen atoms in total. The van der Waals surface area contributed by atoms with Crippen molar-refractivity contribution in [2.45, 2.75) is 0 Å². The Morgan fingerprint density at radius 3 is 1.57 bits per heavy atom. The molecule has 5 heteroatoms. The van der Waals surface area contributed by atoms with E-state index >= 15 is 0 Å². The van der Waals surface area contributed by atoms with Gasteiger partial charge in [0.25, 0.3) is 0 Å². The van der Waals surface area contributed by atoms with E-state index in [1.54, 1.807) is 33.5 Å². The van der Waals surface area contributed by atoms with E-state index in [1.165, 1.54) is 0 Å². The van der Waals surface area contributed by atoms with Crippen LogP contribution in [-0.2, 0) is 0 Å². The number of carbonyl (C=O) groups is 1. The van der Waals surface area contributed by atoms with Crippen LogP contribution in [0.3, 0.4) is 0 Å². The molecule has 0 saturated carbocycles. The lowest BCUT2D eigenvalue weighted by atomic mass is 9.83. The molecule has 0 heterocycles. The molecule has 0 amide bonds. The number of benzene rings is 3. The highest BCUT2D eigenvalue weighted by Gasteiger charge is 2.27. The first-order valence-corrected chi connectivity index (χ1v) is 8.80. The molecule has 0 unspecified atom stereocenters. The third kappa shape index (κ3) is 2.81. The van der Waals surface area contributed by atoms with Gasteiger partial charge in [-0.25, -0.2) is 4.99 Å². The third-order valence-electron chi connectivity index (χ3n) is 4.74. The summed E-state index contributed by atoms with van der Waals surface area (Å²) < 4.78 is 16.3. The van der Waals surface area contributed by atoms with Gasteiger partial charge in [-0.2, -0.15) is 0 Å². The van der Waals surface area contributed by atoms with Gasteiger partial charge >= 0.3 is 0 Å². The number of aliphatic imine (C=N–C) groups is 1. The number of methoxy groups -OCH3 is 3. The summed E-state index contributed by atoms with van der Waals surface area (Å²) in [5.41, 5.74) is 4.28. The Morgan fingerprint density at radius 2 is 1.14 bits per heavy atom. The van der Waals surface area contributed by atoms with Crippen LogP contribution >= 0.6 is 0 Å². The highest BCUT2D eigenvalue weighted by molar-refractivity contribution is 6.30. The number of ether oxygens (including phenoxy) is 3. The predicted octanol–water partition coefficient (Wildman–Crippen LogP) is 4.43. The van der Waals surface area contributed by atoms with Crippen molar-refractivity contribution >= 4 is 17.2 Å². The predicted molar refractivity (Wildman–Crippen MR) is 108 cm³/mol. The van der Waals surface area contributed by atoms with Crippen LogP contribution in [0.5, 0.6) is 17.2 Å². The number of hydrogen-bond donors (Lipinski definition) is 0. The SMILES string of the molecule is COc1cc(N=C2c3ccccc3C(=O)c3ccccc32)cc(OC)c1OC. The molecule has 0 atom stereocenters. The lowest BCUT2D eigenvalue weighted by Crippen LogP contribution is -2.21. The quantitative estimate of drug-likeness (QED) is 0.531. The van der Waals surface area contributed by atoms with Crippen molar-refractivity contribution in [2.75, 3.05) is 21.3 Å². The maximum absolute atomic E-state index is 12.9. The number of rotatable bonds is 4. The normalized spacial score (nSPS) is 12.1. The molecule has 1 aliphatic rings. The lowest BCUT2D eigenvalue weighted by Gasteiger charge is -2.20. The van der Waals surface area contributed by atoms with Crippen LogP contribution in [0.4, 0.5) is 5.69 Å². The molecule has 140 valence electrons. The zero-order valence-electron chi connectivity index (χ0n) is 15.9. The molecule has 0 spiro atoms. The highest BCUT2D eigenvalue weighted by atomic mass is 16.5. The van der Waals surface area contributed by atoms with Gasteiger partial charge in [0.15, 0.2) is 17.3 Å². The summed E-state index contributed by atoms with van der Waals surface area (Å²) in [5.74, 6) is 1.56. The Hall–Kier alpha value is -3.60. The van der Waals surface area contributed by atoms with Crippen molar-refractivity contribution < 1.29 is 19.0 Å². The molecule has 0 aromatic heterocycles. The van der Waals surface area contributed by atoms with Crippen molar-refractivity contribution in [2.24, 2.45) is 4.99 Å². The van der Waals surface area contributed by atoms with E-state index < -0.39 is 0 Å². The van der Waals surface area contributed by atoms with Crippen LogP contribution in [0.2, 0.25) is 0 Å². The molecule has 0 fully saturated rings. The van der Waals surface area contributed by atoms with Gasteiger partial charge in [0, 0.05) is 34.4 Å². The van der Waals surface area contributed by atoms with Gasteiger partial charge in [-0.3, -0.25) is 4.79 Å². The molecule has 0 aliphatic heterocycles. The van der Waals surface area contributed by atoms with E-state index in [0.29, 0.717) is 34.1 Å². The largest absolute Gasteiger partial charge is 0.493 e. The van der Waals surface area contributed by atoms with Crippen LogP contribution in [0.1, 0.15) is 27.0 Å². The van der Waals surface area contributed by atoms with Gasteiger partial charge in [0.05, 0.1) is 32.7 Å². The fourth-order valence-electron chi connectivity index (χ4n) is 3.45. The lowest BCUT2D eigenvalue weighted by molar-refractivity contribution is 0.103. The summed E-state index contributed by atoms with van der Waals surface area (Å²) in [6.45, 7) is 0. The Morgan fingerprint density at radius 1 is 0.679 bits per heavy atom. The fraction of sp³-hybridized carbons (Fsp3) is 0.130. The second-order valence-corrected chi connectivity index (χ2v) is 6.26. The number of nitrogens with zero attached hydrogens (tertiary/aromatic N) is 1. The minimum atomic E-state index is 0.00930. The Bertz CT molecular complexity index is 1020. The van der Waals surface area contributed by atoms with Crippen molar-refractivity contribution in [1.82, 2.24) is 0 Å². The van der Waals surface area contributed by atoms with Gasteiger partial charge in [0.1, 0.15) is 0 Å². The van der Waals surface area contributed by atoms with E-state index in [2.05, 4.69) is 0 Å². The first-order valence-electron chi connectivity index (χ1n) is 8.80. The second kappa shape index (κ2) is 7.19. The van der Waals surface area contributed by atoms with Gasteiger partial charge < -0.3 is 14.2 Å². The highest BCUT2D eigenvalue weighted by Crippen LogP contribution is 2.41. The average Bonchev–Trinajstić information content (AvgIpc) is 2.75. The van der Waals surface area contributed by atoms with Crippen molar-refractivity contribution in [3.63, 3.8) is 0 Å². The maximum Gasteiger partial charge on any atom is 0.203 e. The van der Waals surface area contributed by atoms with E-state index in [-0.39, 0.29) is 5.78 Å². The standard InChI is InChI=1S/C23H19NO4/c1-26-19-12-14(13-20(27-2)23(19)28-3)24-21-15-8-4-6-10-17(15)22(25)18-11-7-5-9-16(18)21/h4-13H,1-3H3. The fourth-order valence-corrected chi connectivity index (χ4v) is 3.45. The Kier molecular flexibility index (Phi) is 4.57. The van der Waals surface area contributed by atoms with E-state index in [1.807, 2.05) is 48.5 Å². The van der Waals surface area contributed by atoms with E-state index in [9.17, 15) is 4.79 Å². The van der Waals surface area contributed by atoms with Crippen LogP contribution < -0.4 is 14.2 Å². The van der Waals surface area contributed by atoms with Crippen LogP contribution in [0, 0.1) is 0 Å². The summed E-state index contributed by atoms with van der Waals surface area (Å²) >= 11 is 0. The number of fused-ring (bicyclic) bond motifs is 2. The van der Waals surface area contributed by atoms with Gasteiger partial charge in [-0.05, 0) is 0 Å². The molecule has 0 saturated heterocycles. The first kappa shape index (κ1) is 17.8. The summed E-state index contributed by atoms with van der Waals surface area (Å²) in [5, 5.41) is 0. The molecule has 0 radical (unpaired) electrons. The summed E-state index contributed by atoms with van der Waals surface area (Å²) in [4.78, 5) is 17.8. The van der Waals surface area contributed by atoms with E-state index in [4.69, 9.17) is 19.2 Å². The van der Waals surface area contributed by atoms with Crippen molar-refractivity contribution in [3.8, 4) is 17.2 Å². The van der Waals surface area contributed by atoms with Crippen LogP contribution in [0.25, 0.3) is 0 Å². The van der Waals surface area contributed by atoms with Gasteiger partial charge in [0.2, 0.25) is 5.75 Å². The zero-order chi connectivity index (χ0) is 19.7. The topological polar surface area (TPSA) is 57.1 Å². The first-order chi connectivity index (χ1) is 13.7. The molecule has 3 aromatic carbocycles. The molecule has 0 N–H and O–H groups in total. The molecular formula is C23H19NO4. The van der Waals surface area contributed by atoms with Gasteiger partial charge in [-0.15, -0.1) is 0 Å². The Balaban J connectivity index is 1.96. The molecule has 3 aromatic rings. The van der Waals surface area contributed by atoms with Crippen LogP contribution in [-0.4, -0.2) is 32.8 Å². The minimum absolute atomic E-state index is 0.00930. The number of carbonyl (C=O) groups excluding carboxylic acids is 1. The van der Waals surface area contributed by atoms with Gasteiger partial charge in [-0.1, -0.05) is 48.5 Å².